The minimum atomic E-state index is -0.814. The first-order valence-electron chi connectivity index (χ1n) is 8.58. The molecule has 0 spiro atoms. The van der Waals surface area contributed by atoms with Gasteiger partial charge in [-0.15, -0.1) is 0 Å². The van der Waals surface area contributed by atoms with Crippen LogP contribution in [-0.4, -0.2) is 53.2 Å². The van der Waals surface area contributed by atoms with Crippen molar-refractivity contribution in [1.29, 1.82) is 0 Å². The summed E-state index contributed by atoms with van der Waals surface area (Å²) in [6.07, 6.45) is 6.91. The molecule has 1 aliphatic heterocycles. The van der Waals surface area contributed by atoms with Crippen molar-refractivity contribution in [3.8, 4) is 0 Å². The second-order valence-electron chi connectivity index (χ2n) is 6.68. The van der Waals surface area contributed by atoms with Gasteiger partial charge in [0.15, 0.2) is 0 Å². The van der Waals surface area contributed by atoms with Crippen LogP contribution in [-0.2, 0) is 6.42 Å². The van der Waals surface area contributed by atoms with E-state index >= 15 is 0 Å². The highest BCUT2D eigenvalue weighted by Gasteiger charge is 2.31. The molecule has 2 aliphatic rings. The Bertz CT molecular complexity index is 562. The molecule has 4 heteroatoms. The van der Waals surface area contributed by atoms with Crippen molar-refractivity contribution in [1.82, 2.24) is 9.80 Å². The van der Waals surface area contributed by atoms with E-state index in [1.54, 1.807) is 12.6 Å². The third-order valence-electron chi connectivity index (χ3n) is 5.33. The van der Waals surface area contributed by atoms with E-state index < -0.39 is 6.09 Å². The molecule has 1 heterocycles. The summed E-state index contributed by atoms with van der Waals surface area (Å²) < 4.78 is 0. The summed E-state index contributed by atoms with van der Waals surface area (Å²) in [5.41, 5.74) is 2.95. The highest BCUT2D eigenvalue weighted by molar-refractivity contribution is 5.64. The number of carbonyl (C=O) groups is 1. The van der Waals surface area contributed by atoms with E-state index in [2.05, 4.69) is 41.3 Å². The van der Waals surface area contributed by atoms with E-state index in [0.717, 1.165) is 32.4 Å². The maximum absolute atomic E-state index is 11.1. The summed E-state index contributed by atoms with van der Waals surface area (Å²) in [5, 5.41) is 9.14. The lowest BCUT2D eigenvalue weighted by molar-refractivity contribution is 0.0928. The predicted octanol–water partition coefficient (Wildman–Crippen LogP) is 3.39. The Kier molecular flexibility index (Phi) is 5.01. The Balaban J connectivity index is 1.64. The molecule has 3 rings (SSSR count). The molecule has 0 radical (unpaired) electrons. The number of benzene rings is 1. The molecule has 1 amide bonds. The molecule has 23 heavy (non-hydrogen) atoms. The third-order valence-corrected chi connectivity index (χ3v) is 5.33. The number of allylic oxidation sites excluding steroid dienone is 1. The molecule has 1 N–H and O–H groups in total. The number of likely N-dealkylation sites (tertiary alicyclic amines) is 1. The molecule has 0 saturated carbocycles. The second-order valence-corrected chi connectivity index (χ2v) is 6.68. The van der Waals surface area contributed by atoms with E-state index in [1.807, 2.05) is 0 Å². The zero-order valence-electron chi connectivity index (χ0n) is 13.8. The van der Waals surface area contributed by atoms with E-state index in [1.165, 1.54) is 23.3 Å². The van der Waals surface area contributed by atoms with E-state index in [9.17, 15) is 4.79 Å². The van der Waals surface area contributed by atoms with Gasteiger partial charge in [0.05, 0.1) is 0 Å². The predicted molar refractivity (Wildman–Crippen MR) is 91.6 cm³/mol. The van der Waals surface area contributed by atoms with Crippen LogP contribution in [0.5, 0.6) is 0 Å². The van der Waals surface area contributed by atoms with Crippen LogP contribution in [0.3, 0.4) is 0 Å². The SMILES string of the molecule is CN(C(=O)O)C1CCN(C(Cc2ccccc2)C2=CCC2)CC1. The lowest BCUT2D eigenvalue weighted by Gasteiger charge is -2.42. The van der Waals surface area contributed by atoms with Gasteiger partial charge in [0.2, 0.25) is 0 Å². The second kappa shape index (κ2) is 7.18. The van der Waals surface area contributed by atoms with Gasteiger partial charge in [0.25, 0.3) is 0 Å². The molecule has 1 atom stereocenters. The number of hydrogen-bond acceptors (Lipinski definition) is 2. The maximum Gasteiger partial charge on any atom is 0.407 e. The monoisotopic (exact) mass is 314 g/mol. The molecular weight excluding hydrogens is 288 g/mol. The Morgan fingerprint density at radius 2 is 1.96 bits per heavy atom. The largest absolute Gasteiger partial charge is 0.465 e. The minimum Gasteiger partial charge on any atom is -0.465 e. The fourth-order valence-corrected chi connectivity index (χ4v) is 3.69. The van der Waals surface area contributed by atoms with Crippen molar-refractivity contribution in [3.63, 3.8) is 0 Å². The third kappa shape index (κ3) is 3.75. The quantitative estimate of drug-likeness (QED) is 0.847. The molecule has 1 saturated heterocycles. The van der Waals surface area contributed by atoms with Crippen LogP contribution in [0.1, 0.15) is 31.2 Å². The van der Waals surface area contributed by atoms with E-state index in [-0.39, 0.29) is 6.04 Å². The van der Waals surface area contributed by atoms with E-state index in [0.29, 0.717) is 6.04 Å². The molecule has 1 aromatic rings. The first-order valence-corrected chi connectivity index (χ1v) is 8.58. The van der Waals surface area contributed by atoms with Crippen LogP contribution in [0.15, 0.2) is 42.0 Å². The number of carboxylic acid groups (broad SMARTS) is 1. The fraction of sp³-hybridized carbons (Fsp3) is 0.526. The lowest BCUT2D eigenvalue weighted by atomic mass is 9.86. The first-order chi connectivity index (χ1) is 11.1. The highest BCUT2D eigenvalue weighted by atomic mass is 16.4. The highest BCUT2D eigenvalue weighted by Crippen LogP contribution is 2.30. The smallest absolute Gasteiger partial charge is 0.407 e. The molecule has 4 nitrogen and oxygen atoms in total. The average Bonchev–Trinajstić information content (AvgIpc) is 2.53. The molecule has 1 aliphatic carbocycles. The molecular formula is C19H26N2O2. The minimum absolute atomic E-state index is 0.163. The van der Waals surface area contributed by atoms with Crippen LogP contribution >= 0.6 is 0 Å². The van der Waals surface area contributed by atoms with Gasteiger partial charge in [-0.05, 0) is 37.7 Å². The van der Waals surface area contributed by atoms with Crippen LogP contribution in [0.4, 0.5) is 4.79 Å². The summed E-state index contributed by atoms with van der Waals surface area (Å²) in [4.78, 5) is 15.2. The molecule has 1 aromatic carbocycles. The zero-order chi connectivity index (χ0) is 16.2. The molecule has 124 valence electrons. The van der Waals surface area contributed by atoms with Gasteiger partial charge in [-0.3, -0.25) is 4.90 Å². The normalized spacial score (nSPS) is 20.5. The van der Waals surface area contributed by atoms with Crippen molar-refractivity contribution in [2.24, 2.45) is 0 Å². The summed E-state index contributed by atoms with van der Waals surface area (Å²) in [7, 11) is 1.69. The van der Waals surface area contributed by atoms with Crippen molar-refractivity contribution < 1.29 is 9.90 Å². The van der Waals surface area contributed by atoms with Gasteiger partial charge >= 0.3 is 6.09 Å². The zero-order valence-corrected chi connectivity index (χ0v) is 13.8. The van der Waals surface area contributed by atoms with Crippen LogP contribution in [0.25, 0.3) is 0 Å². The number of piperidine rings is 1. The summed E-state index contributed by atoms with van der Waals surface area (Å²) in [6.45, 7) is 1.97. The van der Waals surface area contributed by atoms with Crippen LogP contribution in [0, 0.1) is 0 Å². The van der Waals surface area contributed by atoms with Crippen molar-refractivity contribution >= 4 is 6.09 Å². The Morgan fingerprint density at radius 1 is 1.30 bits per heavy atom. The van der Waals surface area contributed by atoms with Crippen LogP contribution in [0.2, 0.25) is 0 Å². The van der Waals surface area contributed by atoms with E-state index in [4.69, 9.17) is 5.11 Å². The maximum atomic E-state index is 11.1. The molecule has 1 fully saturated rings. The fourth-order valence-electron chi connectivity index (χ4n) is 3.69. The Hall–Kier alpha value is -1.81. The van der Waals surface area contributed by atoms with Gasteiger partial charge in [-0.25, -0.2) is 4.79 Å². The lowest BCUT2D eigenvalue weighted by Crippen LogP contribution is -2.49. The number of amides is 1. The van der Waals surface area contributed by atoms with Gasteiger partial charge in [-0.1, -0.05) is 42.0 Å². The van der Waals surface area contributed by atoms with Gasteiger partial charge in [-0.2, -0.15) is 0 Å². The van der Waals surface area contributed by atoms with Gasteiger partial charge < -0.3 is 10.0 Å². The topological polar surface area (TPSA) is 43.8 Å². The van der Waals surface area contributed by atoms with Gasteiger partial charge in [0.1, 0.15) is 0 Å². The van der Waals surface area contributed by atoms with Crippen molar-refractivity contribution in [2.45, 2.75) is 44.2 Å². The molecule has 0 bridgehead atoms. The standard InChI is InChI=1S/C19H26N2O2/c1-20(19(22)23)17-10-12-21(13-11-17)18(16-8-5-9-16)14-15-6-3-2-4-7-15/h2-4,6-8,17-18H,5,9-14H2,1H3,(H,22,23). The molecule has 0 aromatic heterocycles. The van der Waals surface area contributed by atoms with Crippen LogP contribution < -0.4 is 0 Å². The number of rotatable bonds is 5. The van der Waals surface area contributed by atoms with Crippen molar-refractivity contribution in [3.05, 3.63) is 47.5 Å². The Labute approximate surface area is 138 Å². The average molecular weight is 314 g/mol. The Morgan fingerprint density at radius 3 is 2.48 bits per heavy atom. The van der Waals surface area contributed by atoms with Crippen molar-refractivity contribution in [2.75, 3.05) is 20.1 Å². The first kappa shape index (κ1) is 16.1. The number of nitrogens with zero attached hydrogens (tertiary/aromatic N) is 2. The number of hydrogen-bond donors (Lipinski definition) is 1. The summed E-state index contributed by atoms with van der Waals surface area (Å²) in [6, 6.07) is 11.3. The van der Waals surface area contributed by atoms with Gasteiger partial charge in [0, 0.05) is 32.2 Å². The summed E-state index contributed by atoms with van der Waals surface area (Å²) in [5.74, 6) is 0. The summed E-state index contributed by atoms with van der Waals surface area (Å²) >= 11 is 0. The molecule has 1 unspecified atom stereocenters.